The molecule has 0 amide bonds. The molecule has 0 saturated carbocycles. The molecule has 1 aliphatic heterocycles. The molecule has 4 nitrogen and oxygen atoms in total. The smallest absolute Gasteiger partial charge is 0.133 e. The number of aliphatic hydroxyl groups is 1. The molecule has 4 heteroatoms. The minimum atomic E-state index is -0.218. The number of hydrogen-bond acceptors (Lipinski definition) is 3. The van der Waals surface area contributed by atoms with Crippen LogP contribution in [0.25, 0.3) is 0 Å². The highest BCUT2D eigenvalue weighted by atomic mass is 16.3. The lowest BCUT2D eigenvalue weighted by molar-refractivity contribution is 0.128. The molecule has 1 atom stereocenters. The van der Waals surface area contributed by atoms with Crippen LogP contribution in [-0.2, 0) is 19.4 Å². The zero-order valence-corrected chi connectivity index (χ0v) is 8.77. The molecule has 0 aromatic carbocycles. The van der Waals surface area contributed by atoms with Gasteiger partial charge in [-0.25, -0.2) is 0 Å². The number of aliphatic hydroxyl groups excluding tert-OH is 1. The molecule has 2 heterocycles. The minimum Gasteiger partial charge on any atom is -0.391 e. The van der Waals surface area contributed by atoms with Gasteiger partial charge in [-0.3, -0.25) is 0 Å². The number of hydrogen-bond donors (Lipinski definition) is 1. The van der Waals surface area contributed by atoms with Crippen molar-refractivity contribution in [3.05, 3.63) is 11.6 Å². The van der Waals surface area contributed by atoms with Crippen molar-refractivity contribution in [1.82, 2.24) is 14.8 Å². The van der Waals surface area contributed by atoms with E-state index in [4.69, 9.17) is 0 Å². The summed E-state index contributed by atoms with van der Waals surface area (Å²) in [5, 5.41) is 17.9. The van der Waals surface area contributed by atoms with Crippen molar-refractivity contribution in [2.24, 2.45) is 5.92 Å². The topological polar surface area (TPSA) is 50.9 Å². The van der Waals surface area contributed by atoms with Gasteiger partial charge in [-0.05, 0) is 12.3 Å². The van der Waals surface area contributed by atoms with Crippen molar-refractivity contribution in [3.63, 3.8) is 0 Å². The number of fused-ring (bicyclic) bond motifs is 1. The maximum atomic E-state index is 9.56. The summed E-state index contributed by atoms with van der Waals surface area (Å²) in [6.07, 6.45) is 2.40. The molecule has 1 unspecified atom stereocenters. The second-order valence-electron chi connectivity index (χ2n) is 4.43. The lowest BCUT2D eigenvalue weighted by Gasteiger charge is -2.20. The summed E-state index contributed by atoms with van der Waals surface area (Å²) in [6, 6.07) is 0. The van der Waals surface area contributed by atoms with Crippen LogP contribution in [-0.4, -0.2) is 26.0 Å². The summed E-state index contributed by atoms with van der Waals surface area (Å²) in [6.45, 7) is 5.01. The standard InChI is InChI=1S/C10H17N3O/c1-7(2)5-10-12-11-9-4-3-8(14)6-13(9)10/h7-8,14H,3-6H2,1-2H3. The van der Waals surface area contributed by atoms with E-state index >= 15 is 0 Å². The fourth-order valence-electron chi connectivity index (χ4n) is 1.88. The molecule has 1 N–H and O–H groups in total. The van der Waals surface area contributed by atoms with Gasteiger partial charge in [-0.1, -0.05) is 13.8 Å². The Morgan fingerprint density at radius 2 is 2.29 bits per heavy atom. The summed E-state index contributed by atoms with van der Waals surface area (Å²) in [4.78, 5) is 0. The van der Waals surface area contributed by atoms with Gasteiger partial charge < -0.3 is 9.67 Å². The first-order valence-electron chi connectivity index (χ1n) is 5.26. The van der Waals surface area contributed by atoms with E-state index in [0.717, 1.165) is 30.9 Å². The Balaban J connectivity index is 2.22. The third kappa shape index (κ3) is 1.80. The lowest BCUT2D eigenvalue weighted by atomic mass is 10.1. The van der Waals surface area contributed by atoms with Crippen LogP contribution in [0.5, 0.6) is 0 Å². The van der Waals surface area contributed by atoms with Crippen LogP contribution < -0.4 is 0 Å². The van der Waals surface area contributed by atoms with E-state index in [1.165, 1.54) is 0 Å². The fourth-order valence-corrected chi connectivity index (χ4v) is 1.88. The van der Waals surface area contributed by atoms with Gasteiger partial charge in [0.1, 0.15) is 11.6 Å². The predicted octanol–water partition coefficient (Wildman–Crippen LogP) is 0.784. The van der Waals surface area contributed by atoms with Gasteiger partial charge >= 0.3 is 0 Å². The normalized spacial score (nSPS) is 21.3. The Labute approximate surface area is 84.0 Å². The predicted molar refractivity (Wildman–Crippen MR) is 52.9 cm³/mol. The Bertz CT molecular complexity index is 319. The van der Waals surface area contributed by atoms with E-state index in [1.807, 2.05) is 0 Å². The van der Waals surface area contributed by atoms with Crippen LogP contribution in [0, 0.1) is 5.92 Å². The summed E-state index contributed by atoms with van der Waals surface area (Å²) in [7, 11) is 0. The molecule has 0 fully saturated rings. The van der Waals surface area contributed by atoms with Gasteiger partial charge in [0.15, 0.2) is 0 Å². The first-order chi connectivity index (χ1) is 6.66. The second-order valence-corrected chi connectivity index (χ2v) is 4.43. The first-order valence-corrected chi connectivity index (χ1v) is 5.26. The van der Waals surface area contributed by atoms with Crippen molar-refractivity contribution in [1.29, 1.82) is 0 Å². The van der Waals surface area contributed by atoms with Gasteiger partial charge in [0.2, 0.25) is 0 Å². The lowest BCUT2D eigenvalue weighted by Crippen LogP contribution is -2.25. The zero-order valence-electron chi connectivity index (χ0n) is 8.77. The third-order valence-corrected chi connectivity index (χ3v) is 2.59. The van der Waals surface area contributed by atoms with Crippen molar-refractivity contribution in [2.45, 2.75) is 45.8 Å². The third-order valence-electron chi connectivity index (χ3n) is 2.59. The Morgan fingerprint density at radius 1 is 1.50 bits per heavy atom. The average Bonchev–Trinajstić information content (AvgIpc) is 2.47. The minimum absolute atomic E-state index is 0.218. The Kier molecular flexibility index (Phi) is 2.54. The first kappa shape index (κ1) is 9.65. The molecule has 14 heavy (non-hydrogen) atoms. The van der Waals surface area contributed by atoms with Crippen LogP contribution in [0.1, 0.15) is 31.9 Å². The SMILES string of the molecule is CC(C)Cc1nnc2n1CC(O)CC2. The van der Waals surface area contributed by atoms with E-state index in [2.05, 4.69) is 28.6 Å². The monoisotopic (exact) mass is 195 g/mol. The number of aromatic nitrogens is 3. The highest BCUT2D eigenvalue weighted by molar-refractivity contribution is 5.00. The molecule has 0 radical (unpaired) electrons. The quantitative estimate of drug-likeness (QED) is 0.758. The summed E-state index contributed by atoms with van der Waals surface area (Å²) < 4.78 is 2.08. The van der Waals surface area contributed by atoms with E-state index < -0.39 is 0 Å². The maximum Gasteiger partial charge on any atom is 0.133 e. The Hall–Kier alpha value is -0.900. The van der Waals surface area contributed by atoms with Gasteiger partial charge in [-0.2, -0.15) is 0 Å². The molecule has 0 aliphatic carbocycles. The van der Waals surface area contributed by atoms with Gasteiger partial charge in [0.25, 0.3) is 0 Å². The van der Waals surface area contributed by atoms with E-state index in [0.29, 0.717) is 12.5 Å². The van der Waals surface area contributed by atoms with Gasteiger partial charge in [0, 0.05) is 12.8 Å². The summed E-state index contributed by atoms with van der Waals surface area (Å²) in [5.41, 5.74) is 0. The number of aryl methyl sites for hydroxylation is 1. The van der Waals surface area contributed by atoms with Gasteiger partial charge in [-0.15, -0.1) is 10.2 Å². The van der Waals surface area contributed by atoms with Crippen LogP contribution in [0.2, 0.25) is 0 Å². The number of nitrogens with zero attached hydrogens (tertiary/aromatic N) is 3. The highest BCUT2D eigenvalue weighted by Gasteiger charge is 2.21. The molecule has 0 saturated heterocycles. The largest absolute Gasteiger partial charge is 0.391 e. The molecule has 0 bridgehead atoms. The molecular weight excluding hydrogens is 178 g/mol. The fraction of sp³-hybridized carbons (Fsp3) is 0.800. The summed E-state index contributed by atoms with van der Waals surface area (Å²) >= 11 is 0. The van der Waals surface area contributed by atoms with Gasteiger partial charge in [0.05, 0.1) is 12.6 Å². The van der Waals surface area contributed by atoms with Crippen molar-refractivity contribution in [2.75, 3.05) is 0 Å². The van der Waals surface area contributed by atoms with Crippen molar-refractivity contribution in [3.8, 4) is 0 Å². The number of rotatable bonds is 2. The molecule has 1 aromatic rings. The van der Waals surface area contributed by atoms with E-state index in [9.17, 15) is 5.11 Å². The van der Waals surface area contributed by atoms with Crippen LogP contribution in [0.4, 0.5) is 0 Å². The highest BCUT2D eigenvalue weighted by Crippen LogP contribution is 2.16. The molecular formula is C10H17N3O. The molecule has 1 aliphatic rings. The molecule has 78 valence electrons. The Morgan fingerprint density at radius 3 is 3.00 bits per heavy atom. The van der Waals surface area contributed by atoms with E-state index in [1.54, 1.807) is 0 Å². The van der Waals surface area contributed by atoms with E-state index in [-0.39, 0.29) is 6.10 Å². The zero-order chi connectivity index (χ0) is 10.1. The summed E-state index contributed by atoms with van der Waals surface area (Å²) in [5.74, 6) is 2.64. The molecule has 1 aromatic heterocycles. The molecule has 2 rings (SSSR count). The van der Waals surface area contributed by atoms with Crippen LogP contribution >= 0.6 is 0 Å². The van der Waals surface area contributed by atoms with Crippen molar-refractivity contribution >= 4 is 0 Å². The average molecular weight is 195 g/mol. The molecule has 0 spiro atoms. The van der Waals surface area contributed by atoms with Crippen molar-refractivity contribution < 1.29 is 5.11 Å². The van der Waals surface area contributed by atoms with Crippen LogP contribution in [0.15, 0.2) is 0 Å². The second kappa shape index (κ2) is 3.69. The maximum absolute atomic E-state index is 9.56. The van der Waals surface area contributed by atoms with Crippen LogP contribution in [0.3, 0.4) is 0 Å².